The van der Waals surface area contributed by atoms with Gasteiger partial charge in [-0.1, -0.05) is 24.1 Å². The Morgan fingerprint density at radius 2 is 2.06 bits per heavy atom. The summed E-state index contributed by atoms with van der Waals surface area (Å²) in [6, 6.07) is 6.05. The number of benzene rings is 1. The average Bonchev–Trinajstić information content (AvgIpc) is 2.54. The quantitative estimate of drug-likeness (QED) is 0.672. The molecule has 0 saturated carbocycles. The largest absolute Gasteiger partial charge is 0.351 e. The summed E-state index contributed by atoms with van der Waals surface area (Å²) in [6.45, 7) is 5.62. The molecule has 18 heavy (non-hydrogen) atoms. The van der Waals surface area contributed by atoms with Crippen molar-refractivity contribution in [1.29, 1.82) is 0 Å². The van der Waals surface area contributed by atoms with Gasteiger partial charge in [-0.15, -0.1) is 0 Å². The van der Waals surface area contributed by atoms with Crippen molar-refractivity contribution in [3.05, 3.63) is 28.8 Å². The average molecular weight is 263 g/mol. The van der Waals surface area contributed by atoms with E-state index in [-0.39, 0.29) is 5.54 Å². The molecular formula is C15H19ClN2. The van der Waals surface area contributed by atoms with Crippen molar-refractivity contribution in [2.75, 3.05) is 6.54 Å². The van der Waals surface area contributed by atoms with Gasteiger partial charge in [0, 0.05) is 23.6 Å². The van der Waals surface area contributed by atoms with Gasteiger partial charge in [-0.05, 0) is 38.8 Å². The van der Waals surface area contributed by atoms with E-state index in [0.29, 0.717) is 0 Å². The highest BCUT2D eigenvalue weighted by Crippen LogP contribution is 2.44. The topological polar surface area (TPSA) is 15.6 Å². The van der Waals surface area contributed by atoms with Crippen LogP contribution < -0.4 is 0 Å². The molecule has 0 aromatic heterocycles. The standard InChI is InChI=1S/C15H19ClN2/c1-15(2)14-11(16)7-6-8-12(14)17-13-9-4-3-5-10-18(13)15/h6-8H,3-5,9-10H2,1-2H3. The van der Waals surface area contributed by atoms with Crippen molar-refractivity contribution in [2.24, 2.45) is 4.99 Å². The lowest BCUT2D eigenvalue weighted by Gasteiger charge is -2.44. The second-order valence-corrected chi connectivity index (χ2v) is 6.09. The van der Waals surface area contributed by atoms with Crippen molar-refractivity contribution in [2.45, 2.75) is 45.1 Å². The van der Waals surface area contributed by atoms with Crippen LogP contribution >= 0.6 is 11.6 Å². The minimum absolute atomic E-state index is 0.0465. The van der Waals surface area contributed by atoms with Crippen LogP contribution in [0.5, 0.6) is 0 Å². The van der Waals surface area contributed by atoms with Gasteiger partial charge in [0.25, 0.3) is 0 Å². The van der Waals surface area contributed by atoms with Gasteiger partial charge in [0.05, 0.1) is 11.2 Å². The molecule has 1 fully saturated rings. The summed E-state index contributed by atoms with van der Waals surface area (Å²) in [6.07, 6.45) is 4.90. The molecule has 1 aromatic rings. The van der Waals surface area contributed by atoms with Crippen molar-refractivity contribution >= 4 is 23.1 Å². The third-order valence-electron chi connectivity index (χ3n) is 4.12. The normalized spacial score (nSPS) is 21.7. The van der Waals surface area contributed by atoms with E-state index >= 15 is 0 Å². The molecule has 3 rings (SSSR count). The first kappa shape index (κ1) is 12.0. The first-order valence-corrected chi connectivity index (χ1v) is 7.13. The highest BCUT2D eigenvalue weighted by molar-refractivity contribution is 6.32. The van der Waals surface area contributed by atoms with E-state index in [1.165, 1.54) is 30.7 Å². The second-order valence-electron chi connectivity index (χ2n) is 5.68. The summed E-state index contributed by atoms with van der Waals surface area (Å²) in [5.74, 6) is 1.24. The molecule has 1 aromatic carbocycles. The Morgan fingerprint density at radius 1 is 1.22 bits per heavy atom. The van der Waals surface area contributed by atoms with Crippen LogP contribution in [0, 0.1) is 0 Å². The number of amidine groups is 1. The maximum Gasteiger partial charge on any atom is 0.105 e. The van der Waals surface area contributed by atoms with Gasteiger partial charge in [-0.25, -0.2) is 4.99 Å². The van der Waals surface area contributed by atoms with Crippen LogP contribution in [-0.2, 0) is 5.54 Å². The Bertz CT molecular complexity index is 505. The van der Waals surface area contributed by atoms with E-state index in [4.69, 9.17) is 16.6 Å². The van der Waals surface area contributed by atoms with Gasteiger partial charge in [0.15, 0.2) is 0 Å². The SMILES string of the molecule is CC1(C)c2c(Cl)cccc2N=C2CCCCCN21. The molecule has 1 saturated heterocycles. The Morgan fingerprint density at radius 3 is 2.89 bits per heavy atom. The van der Waals surface area contributed by atoms with E-state index in [1.54, 1.807) is 0 Å². The van der Waals surface area contributed by atoms with Gasteiger partial charge in [-0.2, -0.15) is 0 Å². The van der Waals surface area contributed by atoms with Gasteiger partial charge in [0.1, 0.15) is 5.84 Å². The third-order valence-corrected chi connectivity index (χ3v) is 4.44. The smallest absolute Gasteiger partial charge is 0.105 e. The van der Waals surface area contributed by atoms with Crippen LogP contribution in [0.3, 0.4) is 0 Å². The van der Waals surface area contributed by atoms with E-state index in [2.05, 4.69) is 24.8 Å². The molecule has 2 nitrogen and oxygen atoms in total. The first-order valence-electron chi connectivity index (χ1n) is 6.75. The summed E-state index contributed by atoms with van der Waals surface area (Å²) < 4.78 is 0. The summed E-state index contributed by atoms with van der Waals surface area (Å²) in [5.41, 5.74) is 2.19. The number of hydrogen-bond donors (Lipinski definition) is 0. The highest BCUT2D eigenvalue weighted by Gasteiger charge is 2.38. The Labute approximate surface area is 114 Å². The van der Waals surface area contributed by atoms with Crippen LogP contribution in [-0.4, -0.2) is 17.3 Å². The minimum atomic E-state index is -0.0465. The number of nitrogens with zero attached hydrogens (tertiary/aromatic N) is 2. The van der Waals surface area contributed by atoms with E-state index in [1.807, 2.05) is 12.1 Å². The monoisotopic (exact) mass is 262 g/mol. The van der Waals surface area contributed by atoms with Gasteiger partial charge >= 0.3 is 0 Å². The summed E-state index contributed by atoms with van der Waals surface area (Å²) in [5, 5.41) is 0.838. The molecule has 0 spiro atoms. The molecule has 0 amide bonds. The number of fused-ring (bicyclic) bond motifs is 2. The zero-order chi connectivity index (χ0) is 12.8. The fourth-order valence-electron chi connectivity index (χ4n) is 3.20. The van der Waals surface area contributed by atoms with Crippen LogP contribution in [0.25, 0.3) is 0 Å². The highest BCUT2D eigenvalue weighted by atomic mass is 35.5. The predicted octanol–water partition coefficient (Wildman–Crippen LogP) is 4.49. The molecule has 0 aliphatic carbocycles. The molecule has 0 N–H and O–H groups in total. The summed E-state index contributed by atoms with van der Waals surface area (Å²) >= 11 is 6.40. The number of hydrogen-bond acceptors (Lipinski definition) is 2. The van der Waals surface area contributed by atoms with Gasteiger partial charge in [0.2, 0.25) is 0 Å². The molecule has 2 aliphatic rings. The lowest BCUT2D eigenvalue weighted by Crippen LogP contribution is -2.47. The number of aliphatic imine (C=N–C) groups is 1. The molecule has 0 atom stereocenters. The maximum atomic E-state index is 6.40. The molecule has 96 valence electrons. The number of halogens is 1. The van der Waals surface area contributed by atoms with Gasteiger partial charge in [-0.3, -0.25) is 0 Å². The Kier molecular flexibility index (Phi) is 2.86. The molecule has 3 heteroatoms. The zero-order valence-corrected chi connectivity index (χ0v) is 11.8. The molecule has 0 bridgehead atoms. The summed E-state index contributed by atoms with van der Waals surface area (Å²) in [7, 11) is 0. The Balaban J connectivity index is 2.18. The van der Waals surface area contributed by atoms with E-state index < -0.39 is 0 Å². The third kappa shape index (κ3) is 1.74. The fraction of sp³-hybridized carbons (Fsp3) is 0.533. The van der Waals surface area contributed by atoms with E-state index in [9.17, 15) is 0 Å². The first-order chi connectivity index (χ1) is 8.60. The molecule has 0 unspecified atom stereocenters. The zero-order valence-electron chi connectivity index (χ0n) is 11.0. The summed E-state index contributed by atoms with van der Waals surface area (Å²) in [4.78, 5) is 7.29. The number of rotatable bonds is 0. The molecule has 0 radical (unpaired) electrons. The van der Waals surface area contributed by atoms with Crippen molar-refractivity contribution < 1.29 is 0 Å². The maximum absolute atomic E-state index is 6.40. The lowest BCUT2D eigenvalue weighted by molar-refractivity contribution is 0.211. The van der Waals surface area contributed by atoms with Crippen LogP contribution in [0.4, 0.5) is 5.69 Å². The molecule has 2 heterocycles. The fourth-order valence-corrected chi connectivity index (χ4v) is 3.60. The molecular weight excluding hydrogens is 244 g/mol. The van der Waals surface area contributed by atoms with Crippen LogP contribution in [0.2, 0.25) is 5.02 Å². The predicted molar refractivity (Wildman–Crippen MR) is 76.7 cm³/mol. The second kappa shape index (κ2) is 4.27. The van der Waals surface area contributed by atoms with Crippen molar-refractivity contribution in [1.82, 2.24) is 4.90 Å². The van der Waals surface area contributed by atoms with E-state index in [0.717, 1.165) is 23.7 Å². The van der Waals surface area contributed by atoms with Crippen molar-refractivity contribution in [3.63, 3.8) is 0 Å². The molecule has 2 aliphatic heterocycles. The van der Waals surface area contributed by atoms with Gasteiger partial charge < -0.3 is 4.90 Å². The lowest BCUT2D eigenvalue weighted by atomic mass is 9.88. The Hall–Kier alpha value is -1.02. The van der Waals surface area contributed by atoms with Crippen molar-refractivity contribution in [3.8, 4) is 0 Å². The minimum Gasteiger partial charge on any atom is -0.351 e. The van der Waals surface area contributed by atoms with Crippen LogP contribution in [0.15, 0.2) is 23.2 Å². The van der Waals surface area contributed by atoms with Crippen LogP contribution in [0.1, 0.15) is 45.1 Å².